The Morgan fingerprint density at radius 2 is 2.04 bits per heavy atom. The molecule has 23 heavy (non-hydrogen) atoms. The van der Waals surface area contributed by atoms with Gasteiger partial charge in [0.15, 0.2) is 0 Å². The molecule has 0 aliphatic rings. The Balaban J connectivity index is 1.89. The molecule has 2 aromatic rings. The summed E-state index contributed by atoms with van der Waals surface area (Å²) in [6, 6.07) is 10.5. The molecule has 0 amide bonds. The average molecular weight is 333 g/mol. The summed E-state index contributed by atoms with van der Waals surface area (Å²) < 4.78 is 5.77. The predicted molar refractivity (Wildman–Crippen MR) is 97.2 cm³/mol. The molecule has 0 saturated carbocycles. The van der Waals surface area contributed by atoms with Crippen LogP contribution in [0.1, 0.15) is 31.4 Å². The van der Waals surface area contributed by atoms with Gasteiger partial charge in [0, 0.05) is 19.1 Å². The second-order valence-corrected chi connectivity index (χ2v) is 6.83. The number of benzene rings is 1. The molecule has 0 aliphatic heterocycles. The summed E-state index contributed by atoms with van der Waals surface area (Å²) in [5.41, 5.74) is 2.40. The number of aliphatic hydroxyl groups excluding tert-OH is 1. The number of para-hydroxylation sites is 1. The molecule has 2 atom stereocenters. The Labute approximate surface area is 143 Å². The lowest BCUT2D eigenvalue weighted by Crippen LogP contribution is -2.40. The van der Waals surface area contributed by atoms with Crippen molar-refractivity contribution in [3.63, 3.8) is 0 Å². The minimum Gasteiger partial charge on any atom is -0.491 e. The van der Waals surface area contributed by atoms with E-state index in [-0.39, 0.29) is 0 Å². The number of hydrogen-bond acceptors (Lipinski definition) is 4. The van der Waals surface area contributed by atoms with E-state index in [1.165, 1.54) is 5.56 Å². The largest absolute Gasteiger partial charge is 0.491 e. The van der Waals surface area contributed by atoms with E-state index in [0.29, 0.717) is 19.2 Å². The minimum absolute atomic E-state index is 0.321. The van der Waals surface area contributed by atoms with Gasteiger partial charge in [0.2, 0.25) is 0 Å². The lowest BCUT2D eigenvalue weighted by molar-refractivity contribution is 0.0505. The van der Waals surface area contributed by atoms with Crippen LogP contribution < -0.4 is 4.74 Å². The van der Waals surface area contributed by atoms with Crippen LogP contribution >= 0.6 is 11.3 Å². The number of nitrogens with zero attached hydrogens (tertiary/aromatic N) is 1. The molecule has 1 aromatic carbocycles. The normalized spacial score (nSPS) is 14.0. The molecule has 0 aliphatic carbocycles. The van der Waals surface area contributed by atoms with Gasteiger partial charge in [-0.1, -0.05) is 25.1 Å². The third-order valence-corrected chi connectivity index (χ3v) is 4.88. The highest BCUT2D eigenvalue weighted by Crippen LogP contribution is 2.17. The fourth-order valence-electron chi connectivity index (χ4n) is 2.50. The Hall–Kier alpha value is -1.36. The summed E-state index contributed by atoms with van der Waals surface area (Å²) in [6.07, 6.45) is 0.567. The van der Waals surface area contributed by atoms with E-state index in [4.69, 9.17) is 4.74 Å². The highest BCUT2D eigenvalue weighted by Gasteiger charge is 2.18. The smallest absolute Gasteiger partial charge is 0.122 e. The number of ether oxygens (including phenoxy) is 1. The molecule has 2 rings (SSSR count). The Bertz CT molecular complexity index is 571. The number of aryl methyl sites for hydroxylation is 1. The summed E-state index contributed by atoms with van der Waals surface area (Å²) in [4.78, 5) is 2.33. The van der Waals surface area contributed by atoms with Gasteiger partial charge in [-0.15, -0.1) is 0 Å². The van der Waals surface area contributed by atoms with E-state index in [9.17, 15) is 5.11 Å². The van der Waals surface area contributed by atoms with Gasteiger partial charge >= 0.3 is 0 Å². The molecule has 3 nitrogen and oxygen atoms in total. The number of hydrogen-bond donors (Lipinski definition) is 1. The van der Waals surface area contributed by atoms with Crippen LogP contribution in [-0.4, -0.2) is 35.3 Å². The summed E-state index contributed by atoms with van der Waals surface area (Å²) in [6.45, 7) is 8.23. The van der Waals surface area contributed by atoms with E-state index in [1.807, 2.05) is 31.2 Å². The fourth-order valence-corrected chi connectivity index (χ4v) is 3.16. The molecule has 0 bridgehead atoms. The molecule has 0 fully saturated rings. The minimum atomic E-state index is -0.498. The maximum atomic E-state index is 10.4. The first kappa shape index (κ1) is 18.0. The Morgan fingerprint density at radius 3 is 2.70 bits per heavy atom. The molecular weight excluding hydrogens is 306 g/mol. The van der Waals surface area contributed by atoms with Crippen molar-refractivity contribution in [3.05, 3.63) is 52.2 Å². The zero-order valence-corrected chi connectivity index (χ0v) is 15.1. The first-order valence-electron chi connectivity index (χ1n) is 8.21. The number of thiophene rings is 1. The van der Waals surface area contributed by atoms with E-state index in [0.717, 1.165) is 24.3 Å². The second-order valence-electron chi connectivity index (χ2n) is 6.05. The molecule has 126 valence electrons. The van der Waals surface area contributed by atoms with Gasteiger partial charge in [0.25, 0.3) is 0 Å². The van der Waals surface area contributed by atoms with Crippen molar-refractivity contribution >= 4 is 11.3 Å². The monoisotopic (exact) mass is 333 g/mol. The van der Waals surface area contributed by atoms with E-state index in [2.05, 4.69) is 35.6 Å². The molecule has 0 radical (unpaired) electrons. The van der Waals surface area contributed by atoms with E-state index in [1.54, 1.807) is 11.3 Å². The topological polar surface area (TPSA) is 32.7 Å². The van der Waals surface area contributed by atoms with Crippen molar-refractivity contribution in [2.45, 2.75) is 45.9 Å². The first-order valence-corrected chi connectivity index (χ1v) is 9.16. The van der Waals surface area contributed by atoms with Gasteiger partial charge in [-0.05, 0) is 54.3 Å². The standard InChI is InChI=1S/C19H27NO2S/c1-4-16(3)20(11-17-9-10-23-14-17)12-18(21)13-22-19-8-6-5-7-15(19)2/h5-10,14,16,18,21H,4,11-13H2,1-3H3/t16-,18+/m1/s1. The van der Waals surface area contributed by atoms with Crippen LogP contribution in [0.2, 0.25) is 0 Å². The van der Waals surface area contributed by atoms with Crippen molar-refractivity contribution in [2.75, 3.05) is 13.2 Å². The van der Waals surface area contributed by atoms with Crippen LogP contribution in [0.3, 0.4) is 0 Å². The summed E-state index contributed by atoms with van der Waals surface area (Å²) >= 11 is 1.72. The molecular formula is C19H27NO2S. The molecule has 1 aromatic heterocycles. The molecule has 0 unspecified atom stereocenters. The summed E-state index contributed by atoms with van der Waals surface area (Å²) in [5.74, 6) is 0.847. The van der Waals surface area contributed by atoms with Crippen LogP contribution in [0, 0.1) is 6.92 Å². The molecule has 1 N–H and O–H groups in total. The van der Waals surface area contributed by atoms with Crippen LogP contribution in [0.5, 0.6) is 5.75 Å². The number of aliphatic hydroxyl groups is 1. The third kappa shape index (κ3) is 5.65. The van der Waals surface area contributed by atoms with Gasteiger partial charge in [0.05, 0.1) is 0 Å². The van der Waals surface area contributed by atoms with Crippen molar-refractivity contribution in [1.29, 1.82) is 0 Å². The Kier molecular flexibility index (Phi) is 7.09. The van der Waals surface area contributed by atoms with E-state index < -0.39 is 6.10 Å². The van der Waals surface area contributed by atoms with Crippen LogP contribution in [0.15, 0.2) is 41.1 Å². The zero-order valence-electron chi connectivity index (χ0n) is 14.2. The zero-order chi connectivity index (χ0) is 16.7. The second kappa shape index (κ2) is 9.06. The van der Waals surface area contributed by atoms with Gasteiger partial charge in [-0.2, -0.15) is 11.3 Å². The lowest BCUT2D eigenvalue weighted by Gasteiger charge is -2.30. The Morgan fingerprint density at radius 1 is 1.26 bits per heavy atom. The summed E-state index contributed by atoms with van der Waals surface area (Å²) in [5, 5.41) is 14.7. The maximum Gasteiger partial charge on any atom is 0.122 e. The van der Waals surface area contributed by atoms with Crippen LogP contribution in [0.4, 0.5) is 0 Å². The maximum absolute atomic E-state index is 10.4. The quantitative estimate of drug-likeness (QED) is 0.750. The first-order chi connectivity index (χ1) is 11.1. The van der Waals surface area contributed by atoms with Gasteiger partial charge in [-0.25, -0.2) is 0 Å². The van der Waals surface area contributed by atoms with Gasteiger partial charge in [0.1, 0.15) is 18.5 Å². The molecule has 1 heterocycles. The number of rotatable bonds is 9. The summed E-state index contributed by atoms with van der Waals surface area (Å²) in [7, 11) is 0. The van der Waals surface area contributed by atoms with Crippen LogP contribution in [0.25, 0.3) is 0 Å². The SMILES string of the molecule is CC[C@@H](C)N(Cc1ccsc1)C[C@H](O)COc1ccccc1C. The van der Waals surface area contributed by atoms with Crippen molar-refractivity contribution < 1.29 is 9.84 Å². The van der Waals surface area contributed by atoms with Crippen molar-refractivity contribution in [2.24, 2.45) is 0 Å². The predicted octanol–water partition coefficient (Wildman–Crippen LogP) is 4.10. The third-order valence-electron chi connectivity index (χ3n) is 4.15. The van der Waals surface area contributed by atoms with Gasteiger partial charge in [-0.3, -0.25) is 4.90 Å². The molecule has 0 saturated heterocycles. The highest BCUT2D eigenvalue weighted by atomic mass is 32.1. The lowest BCUT2D eigenvalue weighted by atomic mass is 10.1. The van der Waals surface area contributed by atoms with Gasteiger partial charge < -0.3 is 9.84 Å². The van der Waals surface area contributed by atoms with Crippen molar-refractivity contribution in [3.8, 4) is 5.75 Å². The fraction of sp³-hybridized carbons (Fsp3) is 0.474. The highest BCUT2D eigenvalue weighted by molar-refractivity contribution is 7.07. The average Bonchev–Trinajstić information content (AvgIpc) is 3.06. The van der Waals surface area contributed by atoms with Crippen LogP contribution in [-0.2, 0) is 6.54 Å². The molecule has 4 heteroatoms. The molecule has 0 spiro atoms. The van der Waals surface area contributed by atoms with E-state index >= 15 is 0 Å². The van der Waals surface area contributed by atoms with Crippen molar-refractivity contribution in [1.82, 2.24) is 4.90 Å².